The van der Waals surface area contributed by atoms with Crippen molar-refractivity contribution in [3.8, 4) is 0 Å². The number of primary amides is 1. The Hall–Kier alpha value is -3.30. The van der Waals surface area contributed by atoms with Gasteiger partial charge in [0.2, 0.25) is 23.6 Å². The summed E-state index contributed by atoms with van der Waals surface area (Å²) in [6.45, 7) is 1.49. The summed E-state index contributed by atoms with van der Waals surface area (Å²) in [5.74, 6) is -6.38. The molecule has 4 amide bonds. The molecule has 0 radical (unpaired) electrons. The van der Waals surface area contributed by atoms with Crippen LogP contribution in [0.25, 0.3) is 0 Å². The first-order valence-electron chi connectivity index (χ1n) is 10.6. The smallest absolute Gasteiger partial charge is 0.326 e. The fourth-order valence-corrected chi connectivity index (χ4v) is 2.80. The molecule has 0 spiro atoms. The van der Waals surface area contributed by atoms with E-state index in [-0.39, 0.29) is 12.8 Å². The van der Waals surface area contributed by atoms with Gasteiger partial charge in [0.15, 0.2) is 0 Å². The molecule has 0 saturated heterocycles. The van der Waals surface area contributed by atoms with Crippen LogP contribution in [-0.2, 0) is 28.8 Å². The van der Waals surface area contributed by atoms with Gasteiger partial charge in [-0.2, -0.15) is 0 Å². The molecule has 0 aliphatic carbocycles. The van der Waals surface area contributed by atoms with Crippen LogP contribution in [0.1, 0.15) is 45.4 Å². The standard InChI is InChI=1S/C19H34N6O9/c1-9(26)15(25-16(30)10(21)8-13(22)27)18(32)23-11(4-2-3-7-20)17(31)24-12(19(33)34)5-6-14(28)29/h9-12,15,26H,2-8,20-21H2,1H3,(H2,22,27)(H,23,32)(H,24,31)(H,25,30)(H,28,29)(H,33,34). The largest absolute Gasteiger partial charge is 0.481 e. The molecular weight excluding hydrogens is 456 g/mol. The van der Waals surface area contributed by atoms with E-state index in [9.17, 15) is 39.0 Å². The number of amides is 4. The number of rotatable bonds is 17. The van der Waals surface area contributed by atoms with E-state index in [4.69, 9.17) is 22.3 Å². The molecule has 5 atom stereocenters. The first-order valence-corrected chi connectivity index (χ1v) is 10.6. The van der Waals surface area contributed by atoms with E-state index < -0.39 is 78.7 Å². The molecule has 15 nitrogen and oxygen atoms in total. The second-order valence-electron chi connectivity index (χ2n) is 7.68. The van der Waals surface area contributed by atoms with Gasteiger partial charge >= 0.3 is 11.9 Å². The number of aliphatic hydroxyl groups excluding tert-OH is 1. The minimum absolute atomic E-state index is 0.0434. The molecule has 0 rings (SSSR count). The lowest BCUT2D eigenvalue weighted by Crippen LogP contribution is -2.60. The SMILES string of the molecule is CC(O)C(NC(=O)C(N)CC(N)=O)C(=O)NC(CCCCN)C(=O)NC(CCC(=O)O)C(=O)O. The number of nitrogens with one attached hydrogen (secondary N) is 3. The number of aliphatic carboxylic acids is 2. The number of hydrogen-bond donors (Lipinski definition) is 9. The van der Waals surface area contributed by atoms with Crippen LogP contribution in [0.5, 0.6) is 0 Å². The number of unbranched alkanes of at least 4 members (excludes halogenated alkanes) is 1. The van der Waals surface area contributed by atoms with E-state index in [2.05, 4.69) is 16.0 Å². The summed E-state index contributed by atoms with van der Waals surface area (Å²) in [5, 5.41) is 34.7. The van der Waals surface area contributed by atoms with E-state index in [0.717, 1.165) is 0 Å². The summed E-state index contributed by atoms with van der Waals surface area (Å²) in [6.07, 6.45) is -1.93. The first-order chi connectivity index (χ1) is 15.8. The summed E-state index contributed by atoms with van der Waals surface area (Å²) in [5.41, 5.74) is 16.0. The molecule has 0 aliphatic heterocycles. The van der Waals surface area contributed by atoms with Crippen molar-refractivity contribution in [2.24, 2.45) is 17.2 Å². The molecule has 5 unspecified atom stereocenters. The van der Waals surface area contributed by atoms with Gasteiger partial charge in [0, 0.05) is 6.42 Å². The topological polar surface area (TPSA) is 277 Å². The van der Waals surface area contributed by atoms with Gasteiger partial charge < -0.3 is 48.5 Å². The quantitative estimate of drug-likeness (QED) is 0.0888. The van der Waals surface area contributed by atoms with Crippen molar-refractivity contribution in [2.75, 3.05) is 6.54 Å². The van der Waals surface area contributed by atoms with Crippen LogP contribution in [0.3, 0.4) is 0 Å². The number of carboxylic acid groups (broad SMARTS) is 2. The van der Waals surface area contributed by atoms with E-state index >= 15 is 0 Å². The summed E-state index contributed by atoms with van der Waals surface area (Å²) in [6, 6.07) is -5.72. The summed E-state index contributed by atoms with van der Waals surface area (Å²) < 4.78 is 0. The van der Waals surface area contributed by atoms with Crippen LogP contribution in [0.4, 0.5) is 0 Å². The van der Waals surface area contributed by atoms with Crippen molar-refractivity contribution in [3.05, 3.63) is 0 Å². The van der Waals surface area contributed by atoms with Crippen LogP contribution in [-0.4, -0.2) is 87.7 Å². The molecule has 34 heavy (non-hydrogen) atoms. The highest BCUT2D eigenvalue weighted by molar-refractivity contribution is 5.95. The molecule has 0 aromatic rings. The zero-order valence-corrected chi connectivity index (χ0v) is 18.9. The zero-order valence-electron chi connectivity index (χ0n) is 18.9. The normalized spacial score (nSPS) is 15.2. The summed E-state index contributed by atoms with van der Waals surface area (Å²) in [7, 11) is 0. The highest BCUT2D eigenvalue weighted by atomic mass is 16.4. The van der Waals surface area contributed by atoms with Crippen molar-refractivity contribution in [1.82, 2.24) is 16.0 Å². The molecule has 12 N–H and O–H groups in total. The Morgan fingerprint density at radius 3 is 1.91 bits per heavy atom. The van der Waals surface area contributed by atoms with Gasteiger partial charge in [0.25, 0.3) is 0 Å². The Morgan fingerprint density at radius 2 is 1.44 bits per heavy atom. The number of carbonyl (C=O) groups is 6. The van der Waals surface area contributed by atoms with Crippen molar-refractivity contribution in [1.29, 1.82) is 0 Å². The average Bonchev–Trinajstić information content (AvgIpc) is 2.72. The van der Waals surface area contributed by atoms with E-state index in [0.29, 0.717) is 19.4 Å². The minimum Gasteiger partial charge on any atom is -0.481 e. The third-order valence-corrected chi connectivity index (χ3v) is 4.66. The third kappa shape index (κ3) is 12.1. The highest BCUT2D eigenvalue weighted by Crippen LogP contribution is 2.06. The Bertz CT molecular complexity index is 746. The van der Waals surface area contributed by atoms with Crippen molar-refractivity contribution < 1.29 is 44.1 Å². The molecule has 0 aliphatic rings. The number of aliphatic hydroxyl groups is 1. The maximum absolute atomic E-state index is 12.7. The van der Waals surface area contributed by atoms with Gasteiger partial charge in [0.05, 0.1) is 18.6 Å². The van der Waals surface area contributed by atoms with Gasteiger partial charge in [-0.15, -0.1) is 0 Å². The lowest BCUT2D eigenvalue weighted by molar-refractivity contribution is -0.143. The van der Waals surface area contributed by atoms with Crippen LogP contribution in [0.2, 0.25) is 0 Å². The fraction of sp³-hybridized carbons (Fsp3) is 0.684. The lowest BCUT2D eigenvalue weighted by Gasteiger charge is -2.26. The van der Waals surface area contributed by atoms with Gasteiger partial charge in [-0.05, 0) is 39.2 Å². The molecule has 0 aromatic carbocycles. The van der Waals surface area contributed by atoms with Gasteiger partial charge in [0.1, 0.15) is 18.1 Å². The molecule has 0 heterocycles. The van der Waals surface area contributed by atoms with E-state index in [1.165, 1.54) is 6.92 Å². The zero-order chi connectivity index (χ0) is 26.4. The molecule has 0 bridgehead atoms. The van der Waals surface area contributed by atoms with Gasteiger partial charge in [-0.3, -0.25) is 24.0 Å². The Morgan fingerprint density at radius 1 is 0.853 bits per heavy atom. The van der Waals surface area contributed by atoms with Crippen molar-refractivity contribution in [2.45, 2.75) is 75.7 Å². The second kappa shape index (κ2) is 15.5. The summed E-state index contributed by atoms with van der Waals surface area (Å²) in [4.78, 5) is 70.6. The molecule has 0 saturated carbocycles. The van der Waals surface area contributed by atoms with E-state index in [1.54, 1.807) is 0 Å². The third-order valence-electron chi connectivity index (χ3n) is 4.66. The monoisotopic (exact) mass is 490 g/mol. The number of nitrogens with two attached hydrogens (primary N) is 3. The Balaban J connectivity index is 5.46. The first kappa shape index (κ1) is 30.7. The summed E-state index contributed by atoms with van der Waals surface area (Å²) >= 11 is 0. The van der Waals surface area contributed by atoms with Crippen LogP contribution in [0.15, 0.2) is 0 Å². The molecular formula is C19H34N6O9. The maximum atomic E-state index is 12.7. The van der Waals surface area contributed by atoms with Gasteiger partial charge in [-0.1, -0.05) is 0 Å². The second-order valence-corrected chi connectivity index (χ2v) is 7.68. The van der Waals surface area contributed by atoms with E-state index in [1.807, 2.05) is 0 Å². The molecule has 0 aromatic heterocycles. The van der Waals surface area contributed by atoms with Crippen LogP contribution in [0, 0.1) is 0 Å². The predicted molar refractivity (Wildman–Crippen MR) is 117 cm³/mol. The number of carbonyl (C=O) groups excluding carboxylic acids is 4. The van der Waals surface area contributed by atoms with Crippen LogP contribution >= 0.6 is 0 Å². The fourth-order valence-electron chi connectivity index (χ4n) is 2.80. The molecule has 194 valence electrons. The number of carboxylic acids is 2. The Labute approximate surface area is 195 Å². The van der Waals surface area contributed by atoms with Crippen LogP contribution < -0.4 is 33.2 Å². The predicted octanol–water partition coefficient (Wildman–Crippen LogP) is -3.90. The highest BCUT2D eigenvalue weighted by Gasteiger charge is 2.32. The minimum atomic E-state index is -1.56. The van der Waals surface area contributed by atoms with Gasteiger partial charge in [-0.25, -0.2) is 4.79 Å². The molecule has 15 heteroatoms. The molecule has 0 fully saturated rings. The Kier molecular flexibility index (Phi) is 14.0. The number of hydrogen-bond acceptors (Lipinski definition) is 9. The maximum Gasteiger partial charge on any atom is 0.326 e. The lowest BCUT2D eigenvalue weighted by atomic mass is 10.0. The van der Waals surface area contributed by atoms with Crippen molar-refractivity contribution >= 4 is 35.6 Å². The average molecular weight is 491 g/mol. The van der Waals surface area contributed by atoms with Crippen molar-refractivity contribution in [3.63, 3.8) is 0 Å².